The predicted molar refractivity (Wildman–Crippen MR) is 123 cm³/mol. The lowest BCUT2D eigenvalue weighted by Gasteiger charge is -2.38. The number of piperazine rings is 1. The van der Waals surface area contributed by atoms with E-state index in [0.717, 1.165) is 56.6 Å². The quantitative estimate of drug-likeness (QED) is 0.386. The van der Waals surface area contributed by atoms with Crippen LogP contribution in [-0.4, -0.2) is 72.3 Å². The van der Waals surface area contributed by atoms with Crippen molar-refractivity contribution >= 4 is 47.4 Å². The second-order valence-electron chi connectivity index (χ2n) is 7.01. The van der Waals surface area contributed by atoms with E-state index in [9.17, 15) is 5.11 Å². The van der Waals surface area contributed by atoms with Gasteiger partial charge in [-0.3, -0.25) is 4.99 Å². The Kier molecular flexibility index (Phi) is 8.35. The molecule has 26 heavy (non-hydrogen) atoms. The van der Waals surface area contributed by atoms with Gasteiger partial charge in [-0.25, -0.2) is 0 Å². The van der Waals surface area contributed by atoms with Crippen molar-refractivity contribution in [2.45, 2.75) is 25.9 Å². The number of anilines is 1. The Morgan fingerprint density at radius 3 is 2.69 bits per heavy atom. The number of thioether (sulfide) groups is 1. The largest absolute Gasteiger partial charge is 0.387 e. The van der Waals surface area contributed by atoms with Crippen molar-refractivity contribution in [3.05, 3.63) is 29.8 Å². The van der Waals surface area contributed by atoms with Crippen molar-refractivity contribution in [1.82, 2.24) is 10.2 Å². The van der Waals surface area contributed by atoms with Gasteiger partial charge in [-0.2, -0.15) is 11.8 Å². The third kappa shape index (κ3) is 5.66. The van der Waals surface area contributed by atoms with Crippen LogP contribution in [0.5, 0.6) is 0 Å². The normalized spacial score (nSPS) is 23.7. The maximum absolute atomic E-state index is 10.5. The van der Waals surface area contributed by atoms with Gasteiger partial charge in [0, 0.05) is 44.2 Å². The molecule has 1 aromatic carbocycles. The van der Waals surface area contributed by atoms with E-state index in [1.165, 1.54) is 11.3 Å². The second-order valence-corrected chi connectivity index (χ2v) is 8.12. The van der Waals surface area contributed by atoms with Crippen molar-refractivity contribution < 1.29 is 5.11 Å². The van der Waals surface area contributed by atoms with Gasteiger partial charge < -0.3 is 20.2 Å². The smallest absolute Gasteiger partial charge is 0.194 e. The molecule has 1 unspecified atom stereocenters. The summed E-state index contributed by atoms with van der Waals surface area (Å²) in [6, 6.07) is 8.71. The van der Waals surface area contributed by atoms with E-state index in [1.54, 1.807) is 0 Å². The number of halogens is 1. The Bertz CT molecular complexity index is 599. The Labute approximate surface area is 178 Å². The fourth-order valence-corrected chi connectivity index (χ4v) is 4.65. The van der Waals surface area contributed by atoms with Crippen LogP contribution < -0.4 is 10.2 Å². The van der Waals surface area contributed by atoms with Crippen LogP contribution in [0.15, 0.2) is 29.3 Å². The third-order valence-electron chi connectivity index (χ3n) is 4.89. The number of aryl methyl sites for hydroxylation is 1. The summed E-state index contributed by atoms with van der Waals surface area (Å²) >= 11 is 1.82. The average Bonchev–Trinajstić information content (AvgIpc) is 3.06. The van der Waals surface area contributed by atoms with Gasteiger partial charge in [0.2, 0.25) is 0 Å². The van der Waals surface area contributed by atoms with E-state index in [2.05, 4.69) is 53.2 Å². The molecule has 0 saturated carbocycles. The molecule has 7 heteroatoms. The number of hydrogen-bond donors (Lipinski definition) is 2. The summed E-state index contributed by atoms with van der Waals surface area (Å²) in [5, 5.41) is 13.9. The second kappa shape index (κ2) is 10.0. The molecule has 0 spiro atoms. The van der Waals surface area contributed by atoms with Crippen molar-refractivity contribution in [3.8, 4) is 0 Å². The van der Waals surface area contributed by atoms with Crippen LogP contribution in [0.25, 0.3) is 0 Å². The first kappa shape index (κ1) is 21.6. The summed E-state index contributed by atoms with van der Waals surface area (Å²) in [5.41, 5.74) is 1.99. The molecule has 1 aromatic rings. The number of rotatable bonds is 4. The van der Waals surface area contributed by atoms with Crippen molar-refractivity contribution in [3.63, 3.8) is 0 Å². The molecule has 0 aromatic heterocycles. The molecule has 0 amide bonds. The maximum atomic E-state index is 10.5. The first-order valence-electron chi connectivity index (χ1n) is 9.25. The van der Waals surface area contributed by atoms with E-state index >= 15 is 0 Å². The predicted octanol–water partition coefficient (Wildman–Crippen LogP) is 2.57. The molecule has 0 radical (unpaired) electrons. The van der Waals surface area contributed by atoms with Crippen LogP contribution in [0.4, 0.5) is 5.69 Å². The molecule has 0 bridgehead atoms. The van der Waals surface area contributed by atoms with Gasteiger partial charge in [-0.1, -0.05) is 12.1 Å². The third-order valence-corrected chi connectivity index (χ3v) is 6.12. The standard InChI is InChI=1S/C19H30N4OS.HI/c1-3-20-18(21-14-19(24)7-12-25-15-19)23-10-8-22(9-11-23)17-6-4-5-16(2)13-17;/h4-6,13,24H,3,7-12,14-15H2,1-2H3,(H,20,21);1H. The number of nitrogens with one attached hydrogen (secondary N) is 1. The molecular formula is C19H31IN4OS. The van der Waals surface area contributed by atoms with Crippen LogP contribution >= 0.6 is 35.7 Å². The van der Waals surface area contributed by atoms with Crippen LogP contribution in [0.3, 0.4) is 0 Å². The van der Waals surface area contributed by atoms with Crippen LogP contribution in [-0.2, 0) is 0 Å². The number of guanidine groups is 1. The minimum atomic E-state index is -0.616. The molecule has 2 aliphatic heterocycles. The van der Waals surface area contributed by atoms with Gasteiger partial charge in [0.05, 0.1) is 12.1 Å². The van der Waals surface area contributed by atoms with Crippen LogP contribution in [0.2, 0.25) is 0 Å². The summed E-state index contributed by atoms with van der Waals surface area (Å²) in [6.07, 6.45) is 0.849. The summed E-state index contributed by atoms with van der Waals surface area (Å²) in [5.74, 6) is 2.78. The zero-order chi connectivity index (χ0) is 17.7. The molecular weight excluding hydrogens is 459 g/mol. The van der Waals surface area contributed by atoms with Crippen molar-refractivity contribution in [1.29, 1.82) is 0 Å². The van der Waals surface area contributed by atoms with Gasteiger partial charge in [0.1, 0.15) is 0 Å². The highest BCUT2D eigenvalue weighted by atomic mass is 127. The van der Waals surface area contributed by atoms with E-state index in [1.807, 2.05) is 11.8 Å². The van der Waals surface area contributed by atoms with E-state index in [0.29, 0.717) is 6.54 Å². The Balaban J connectivity index is 0.00000243. The number of benzene rings is 1. The minimum absolute atomic E-state index is 0. The van der Waals surface area contributed by atoms with Crippen molar-refractivity contribution in [2.24, 2.45) is 4.99 Å². The van der Waals surface area contributed by atoms with Crippen LogP contribution in [0, 0.1) is 6.92 Å². The lowest BCUT2D eigenvalue weighted by molar-refractivity contribution is 0.0775. The molecule has 3 rings (SSSR count). The molecule has 0 aliphatic carbocycles. The Morgan fingerprint density at radius 2 is 2.08 bits per heavy atom. The zero-order valence-corrected chi connectivity index (χ0v) is 18.9. The highest BCUT2D eigenvalue weighted by Crippen LogP contribution is 2.28. The first-order chi connectivity index (χ1) is 12.1. The lowest BCUT2D eigenvalue weighted by atomic mass is 10.0. The highest BCUT2D eigenvalue weighted by molar-refractivity contribution is 14.0. The van der Waals surface area contributed by atoms with E-state index in [4.69, 9.17) is 4.99 Å². The Morgan fingerprint density at radius 1 is 1.31 bits per heavy atom. The van der Waals surface area contributed by atoms with Gasteiger partial charge in [-0.05, 0) is 43.7 Å². The molecule has 2 saturated heterocycles. The first-order valence-corrected chi connectivity index (χ1v) is 10.4. The van der Waals surface area contributed by atoms with Gasteiger partial charge in [0.15, 0.2) is 5.96 Å². The fourth-order valence-electron chi connectivity index (χ4n) is 3.37. The molecule has 146 valence electrons. The number of aliphatic hydroxyl groups is 1. The molecule has 2 fully saturated rings. The van der Waals surface area contributed by atoms with Crippen molar-refractivity contribution in [2.75, 3.05) is 55.7 Å². The fraction of sp³-hybridized carbons (Fsp3) is 0.632. The number of hydrogen-bond acceptors (Lipinski definition) is 4. The SMILES string of the molecule is CCNC(=NCC1(O)CCSC1)N1CCN(c2cccc(C)c2)CC1.I. The maximum Gasteiger partial charge on any atom is 0.194 e. The molecule has 2 aliphatic rings. The van der Waals surface area contributed by atoms with E-state index < -0.39 is 5.60 Å². The van der Waals surface area contributed by atoms with Gasteiger partial charge in [-0.15, -0.1) is 24.0 Å². The summed E-state index contributed by atoms with van der Waals surface area (Å²) in [7, 11) is 0. The summed E-state index contributed by atoms with van der Waals surface area (Å²) < 4.78 is 0. The van der Waals surface area contributed by atoms with Crippen LogP contribution in [0.1, 0.15) is 18.9 Å². The van der Waals surface area contributed by atoms with E-state index in [-0.39, 0.29) is 24.0 Å². The summed E-state index contributed by atoms with van der Waals surface area (Å²) in [4.78, 5) is 9.51. The highest BCUT2D eigenvalue weighted by Gasteiger charge is 2.32. The number of nitrogens with zero attached hydrogens (tertiary/aromatic N) is 3. The monoisotopic (exact) mass is 490 g/mol. The summed E-state index contributed by atoms with van der Waals surface area (Å²) in [6.45, 7) is 9.48. The molecule has 2 N–H and O–H groups in total. The Hall–Kier alpha value is -0.670. The number of aliphatic imine (C=N–C) groups is 1. The van der Waals surface area contributed by atoms with Gasteiger partial charge in [0.25, 0.3) is 0 Å². The molecule has 5 nitrogen and oxygen atoms in total. The lowest BCUT2D eigenvalue weighted by Crippen LogP contribution is -2.53. The molecule has 2 heterocycles. The van der Waals surface area contributed by atoms with Gasteiger partial charge >= 0.3 is 0 Å². The minimum Gasteiger partial charge on any atom is -0.387 e. The zero-order valence-electron chi connectivity index (χ0n) is 15.8. The topological polar surface area (TPSA) is 51.1 Å². The molecule has 1 atom stereocenters. The average molecular weight is 490 g/mol.